The van der Waals surface area contributed by atoms with Crippen LogP contribution in [0, 0.1) is 6.92 Å². The summed E-state index contributed by atoms with van der Waals surface area (Å²) in [6.07, 6.45) is -4.75. The van der Waals surface area contributed by atoms with Crippen molar-refractivity contribution < 1.29 is 26.3 Å². The minimum atomic E-state index is -4.75. The van der Waals surface area contributed by atoms with Crippen LogP contribution in [0.2, 0.25) is 0 Å². The molecule has 0 atom stereocenters. The summed E-state index contributed by atoms with van der Waals surface area (Å²) in [5.74, 6) is 0.301. The Morgan fingerprint density at radius 1 is 1.14 bits per heavy atom. The Morgan fingerprint density at radius 3 is 2.41 bits per heavy atom. The number of aromatic nitrogens is 3. The number of benzene rings is 2. The van der Waals surface area contributed by atoms with Gasteiger partial charge in [-0.15, -0.1) is 0 Å². The molecule has 3 N–H and O–H groups in total. The second kappa shape index (κ2) is 7.28. The number of nitrogens with zero attached hydrogens (tertiary/aromatic N) is 1. The summed E-state index contributed by atoms with van der Waals surface area (Å²) < 4.78 is 72.3. The van der Waals surface area contributed by atoms with Crippen molar-refractivity contribution >= 4 is 15.7 Å². The van der Waals surface area contributed by atoms with E-state index >= 15 is 0 Å². The Balaban J connectivity index is 2.05. The number of sulfonamides is 1. The number of anilines is 1. The van der Waals surface area contributed by atoms with E-state index < -0.39 is 27.5 Å². The minimum Gasteiger partial charge on any atom is -0.496 e. The lowest BCUT2D eigenvalue weighted by Crippen LogP contribution is -2.14. The number of aryl methyl sites for hydroxylation is 1. The van der Waals surface area contributed by atoms with Gasteiger partial charge in [-0.25, -0.2) is 18.3 Å². The molecule has 1 heterocycles. The van der Waals surface area contributed by atoms with Gasteiger partial charge in [0, 0.05) is 5.56 Å². The van der Waals surface area contributed by atoms with Crippen LogP contribution in [0.4, 0.5) is 18.9 Å². The van der Waals surface area contributed by atoms with Crippen LogP contribution in [0.1, 0.15) is 11.1 Å². The normalized spacial score (nSPS) is 12.0. The Bertz CT molecular complexity index is 1220. The summed E-state index contributed by atoms with van der Waals surface area (Å²) in [6.45, 7) is 1.63. The number of ether oxygens (including phenoxy) is 1. The van der Waals surface area contributed by atoms with E-state index in [2.05, 4.69) is 14.8 Å². The maximum atomic E-state index is 13.3. The molecule has 0 aliphatic heterocycles. The van der Waals surface area contributed by atoms with Crippen molar-refractivity contribution in [1.29, 1.82) is 0 Å². The molecule has 0 radical (unpaired) electrons. The first kappa shape index (κ1) is 20.5. The highest BCUT2D eigenvalue weighted by molar-refractivity contribution is 7.92. The van der Waals surface area contributed by atoms with Crippen molar-refractivity contribution in [2.75, 3.05) is 11.8 Å². The Kier molecular flexibility index (Phi) is 5.13. The number of rotatable bonds is 5. The number of hydrogen-bond acceptors (Lipinski definition) is 5. The monoisotopic (exact) mass is 428 g/mol. The summed E-state index contributed by atoms with van der Waals surface area (Å²) in [7, 11) is -2.76. The molecule has 0 fully saturated rings. The number of methoxy groups -OCH3 is 1. The predicted molar refractivity (Wildman–Crippen MR) is 98.2 cm³/mol. The van der Waals surface area contributed by atoms with Crippen molar-refractivity contribution in [2.24, 2.45) is 0 Å². The Labute approximate surface area is 162 Å². The highest BCUT2D eigenvalue weighted by Crippen LogP contribution is 2.34. The molecule has 0 aliphatic rings. The van der Waals surface area contributed by atoms with Crippen LogP contribution in [0.15, 0.2) is 46.1 Å². The molecule has 3 rings (SSSR count). The smallest absolute Gasteiger partial charge is 0.416 e. The average molecular weight is 428 g/mol. The van der Waals surface area contributed by atoms with E-state index in [0.29, 0.717) is 17.4 Å². The van der Waals surface area contributed by atoms with Gasteiger partial charge in [-0.3, -0.25) is 9.71 Å². The average Bonchev–Trinajstić information content (AvgIpc) is 3.06. The Hall–Kier alpha value is -3.28. The first-order valence-electron chi connectivity index (χ1n) is 8.04. The zero-order chi connectivity index (χ0) is 21.4. The molecule has 12 heteroatoms. The summed E-state index contributed by atoms with van der Waals surface area (Å²) >= 11 is 0. The topological polar surface area (TPSA) is 117 Å². The van der Waals surface area contributed by atoms with Crippen LogP contribution in [-0.2, 0) is 16.2 Å². The van der Waals surface area contributed by atoms with Crippen molar-refractivity contribution in [3.63, 3.8) is 0 Å². The molecule has 154 valence electrons. The molecule has 0 saturated carbocycles. The van der Waals surface area contributed by atoms with E-state index in [9.17, 15) is 26.4 Å². The number of nitrogens with one attached hydrogen (secondary N) is 3. The zero-order valence-corrected chi connectivity index (χ0v) is 15.9. The fourth-order valence-corrected chi connectivity index (χ4v) is 3.75. The second-order valence-electron chi connectivity index (χ2n) is 6.06. The van der Waals surface area contributed by atoms with Crippen LogP contribution >= 0.6 is 0 Å². The fraction of sp³-hybridized carbons (Fsp3) is 0.176. The zero-order valence-electron chi connectivity index (χ0n) is 15.1. The van der Waals surface area contributed by atoms with Gasteiger partial charge in [0.15, 0.2) is 5.82 Å². The molecule has 0 unspecified atom stereocenters. The van der Waals surface area contributed by atoms with Crippen molar-refractivity contribution in [1.82, 2.24) is 15.2 Å². The van der Waals surface area contributed by atoms with Gasteiger partial charge in [-0.05, 0) is 48.9 Å². The van der Waals surface area contributed by atoms with E-state index in [1.165, 1.54) is 25.3 Å². The van der Waals surface area contributed by atoms with E-state index in [1.54, 1.807) is 6.92 Å². The predicted octanol–water partition coefficient (Wildman–Crippen LogP) is 2.90. The highest BCUT2D eigenvalue weighted by Gasteiger charge is 2.32. The molecule has 1 aromatic heterocycles. The van der Waals surface area contributed by atoms with Crippen LogP contribution in [0.3, 0.4) is 0 Å². The van der Waals surface area contributed by atoms with E-state index in [1.807, 2.05) is 5.10 Å². The number of alkyl halides is 3. The molecule has 3 aromatic rings. The van der Waals surface area contributed by atoms with E-state index in [-0.39, 0.29) is 22.0 Å². The SMILES string of the molecule is COc1ccc(S(=O)(=O)Nc2cc(-c3n[nH]c(=O)[nH]3)cc(C(F)(F)F)c2)cc1C. The lowest BCUT2D eigenvalue weighted by molar-refractivity contribution is -0.137. The first-order chi connectivity index (χ1) is 13.5. The van der Waals surface area contributed by atoms with Crippen molar-refractivity contribution in [3.8, 4) is 17.1 Å². The molecule has 0 aliphatic carbocycles. The third-order valence-electron chi connectivity index (χ3n) is 3.96. The quantitative estimate of drug-likeness (QED) is 0.578. The van der Waals surface area contributed by atoms with Gasteiger partial charge in [-0.1, -0.05) is 0 Å². The molecule has 8 nitrogen and oxygen atoms in total. The maximum absolute atomic E-state index is 13.3. The van der Waals surface area contributed by atoms with Gasteiger partial charge < -0.3 is 4.74 Å². The molecular weight excluding hydrogens is 413 g/mol. The lowest BCUT2D eigenvalue weighted by atomic mass is 10.1. The van der Waals surface area contributed by atoms with Crippen molar-refractivity contribution in [3.05, 3.63) is 58.0 Å². The van der Waals surface area contributed by atoms with Gasteiger partial charge in [0.25, 0.3) is 10.0 Å². The van der Waals surface area contributed by atoms with Crippen LogP contribution in [-0.4, -0.2) is 30.7 Å². The van der Waals surface area contributed by atoms with Crippen LogP contribution < -0.4 is 15.1 Å². The summed E-state index contributed by atoms with van der Waals surface area (Å²) in [5, 5.41) is 5.63. The van der Waals surface area contributed by atoms with Gasteiger partial charge in [-0.2, -0.15) is 18.3 Å². The molecule has 29 heavy (non-hydrogen) atoms. The minimum absolute atomic E-state index is 0.123. The van der Waals surface area contributed by atoms with Gasteiger partial charge in [0.1, 0.15) is 5.75 Å². The largest absolute Gasteiger partial charge is 0.496 e. The summed E-state index contributed by atoms with van der Waals surface area (Å²) in [6, 6.07) is 6.59. The summed E-state index contributed by atoms with van der Waals surface area (Å²) in [4.78, 5) is 13.3. The third kappa shape index (κ3) is 4.42. The molecule has 0 spiro atoms. The molecule has 0 bridgehead atoms. The van der Waals surface area contributed by atoms with Gasteiger partial charge >= 0.3 is 11.9 Å². The second-order valence-corrected chi connectivity index (χ2v) is 7.74. The third-order valence-corrected chi connectivity index (χ3v) is 5.34. The van der Waals surface area contributed by atoms with E-state index in [0.717, 1.165) is 12.1 Å². The highest BCUT2D eigenvalue weighted by atomic mass is 32.2. The standard InChI is InChI=1S/C17H15F3N4O4S/c1-9-5-13(3-4-14(9)28-2)29(26,27)24-12-7-10(15-21-16(25)23-22-15)6-11(8-12)17(18,19)20/h3-8,24H,1-2H3,(H2,21,22,23,25). The van der Waals surface area contributed by atoms with Gasteiger partial charge in [0.2, 0.25) is 0 Å². The maximum Gasteiger partial charge on any atom is 0.416 e. The van der Waals surface area contributed by atoms with Crippen LogP contribution in [0.5, 0.6) is 5.75 Å². The Morgan fingerprint density at radius 2 is 1.86 bits per heavy atom. The number of aromatic amines is 2. The fourth-order valence-electron chi connectivity index (χ4n) is 2.63. The molecule has 2 aromatic carbocycles. The molecular formula is C17H15F3N4O4S. The first-order valence-corrected chi connectivity index (χ1v) is 9.53. The van der Waals surface area contributed by atoms with E-state index in [4.69, 9.17) is 4.74 Å². The number of halogens is 3. The molecule has 0 amide bonds. The lowest BCUT2D eigenvalue weighted by Gasteiger charge is -2.14. The number of H-pyrrole nitrogens is 2. The van der Waals surface area contributed by atoms with Crippen molar-refractivity contribution in [2.45, 2.75) is 18.0 Å². The summed E-state index contributed by atoms with van der Waals surface area (Å²) in [5.41, 5.74) is -1.75. The number of hydrogen-bond donors (Lipinski definition) is 3. The molecule has 0 saturated heterocycles. The van der Waals surface area contributed by atoms with Crippen LogP contribution in [0.25, 0.3) is 11.4 Å². The van der Waals surface area contributed by atoms with Gasteiger partial charge in [0.05, 0.1) is 23.3 Å².